The summed E-state index contributed by atoms with van der Waals surface area (Å²) in [5, 5.41) is 9.11. The van der Waals surface area contributed by atoms with E-state index in [0.717, 1.165) is 43.6 Å². The first kappa shape index (κ1) is 23.4. The number of hydrogen-bond acceptors (Lipinski definition) is 6. The first-order valence-corrected chi connectivity index (χ1v) is 11.9. The number of hydrogen-bond donors (Lipinski definition) is 2. The van der Waals surface area contributed by atoms with E-state index in [0.29, 0.717) is 12.8 Å². The van der Waals surface area contributed by atoms with Crippen molar-refractivity contribution in [1.82, 2.24) is 4.98 Å². The van der Waals surface area contributed by atoms with Crippen molar-refractivity contribution in [3.8, 4) is 0 Å². The molecule has 2 saturated heterocycles. The summed E-state index contributed by atoms with van der Waals surface area (Å²) in [5.74, 6) is -2.26. The third-order valence-electron chi connectivity index (χ3n) is 7.22. The van der Waals surface area contributed by atoms with E-state index in [2.05, 4.69) is 9.88 Å². The molecule has 3 fully saturated rings. The molecular formula is C26H27F2N3O4. The molecule has 5 rings (SSSR count). The first-order valence-electron chi connectivity index (χ1n) is 11.9. The lowest BCUT2D eigenvalue weighted by molar-refractivity contribution is -0.117. The highest BCUT2D eigenvalue weighted by Crippen LogP contribution is 2.40. The molecule has 2 aromatic rings. The number of piperidine rings is 1. The van der Waals surface area contributed by atoms with Crippen molar-refractivity contribution in [2.24, 2.45) is 11.7 Å². The van der Waals surface area contributed by atoms with E-state index < -0.39 is 17.6 Å². The number of ketones is 1. The molecule has 9 heteroatoms. The predicted molar refractivity (Wildman–Crippen MR) is 125 cm³/mol. The highest BCUT2D eigenvalue weighted by atomic mass is 19.1. The van der Waals surface area contributed by atoms with Crippen LogP contribution < -0.4 is 10.6 Å². The monoisotopic (exact) mass is 483 g/mol. The molecule has 1 saturated carbocycles. The second-order valence-corrected chi connectivity index (χ2v) is 9.53. The van der Waals surface area contributed by atoms with Crippen molar-refractivity contribution in [3.05, 3.63) is 64.9 Å². The van der Waals surface area contributed by atoms with Gasteiger partial charge in [0.1, 0.15) is 17.5 Å². The van der Waals surface area contributed by atoms with Crippen LogP contribution in [0.2, 0.25) is 0 Å². The van der Waals surface area contributed by atoms with Crippen LogP contribution in [0.25, 0.3) is 5.70 Å². The van der Waals surface area contributed by atoms with Crippen molar-refractivity contribution in [3.63, 3.8) is 0 Å². The third-order valence-corrected chi connectivity index (χ3v) is 7.22. The summed E-state index contributed by atoms with van der Waals surface area (Å²) in [6.45, 7) is -0.0927. The van der Waals surface area contributed by atoms with Gasteiger partial charge >= 0.3 is 5.97 Å². The maximum atomic E-state index is 14.4. The number of anilines is 1. The minimum atomic E-state index is -1.02. The molecule has 3 heterocycles. The van der Waals surface area contributed by atoms with E-state index in [9.17, 15) is 18.4 Å². The van der Waals surface area contributed by atoms with E-state index in [-0.39, 0.29) is 58.9 Å². The fraction of sp³-hybridized carbons (Fsp3) is 0.423. The van der Waals surface area contributed by atoms with Gasteiger partial charge in [0, 0.05) is 29.8 Å². The number of aromatic nitrogens is 1. The van der Waals surface area contributed by atoms with Crippen molar-refractivity contribution in [1.29, 1.82) is 0 Å². The smallest absolute Gasteiger partial charge is 0.337 e. The Hall–Kier alpha value is -3.33. The quantitative estimate of drug-likeness (QED) is 0.548. The Morgan fingerprint density at radius 1 is 1.06 bits per heavy atom. The summed E-state index contributed by atoms with van der Waals surface area (Å²) in [6, 6.07) is 7.14. The lowest BCUT2D eigenvalue weighted by Gasteiger charge is -2.39. The third kappa shape index (κ3) is 4.65. The average molecular weight is 484 g/mol. The van der Waals surface area contributed by atoms with Gasteiger partial charge in [0.2, 0.25) is 0 Å². The first-order chi connectivity index (χ1) is 16.8. The number of benzene rings is 1. The molecule has 184 valence electrons. The highest BCUT2D eigenvalue weighted by Gasteiger charge is 2.42. The normalized spacial score (nSPS) is 24.3. The van der Waals surface area contributed by atoms with Crippen molar-refractivity contribution in [2.75, 3.05) is 11.5 Å². The van der Waals surface area contributed by atoms with Gasteiger partial charge in [-0.15, -0.1) is 0 Å². The molecule has 3 atom stereocenters. The van der Waals surface area contributed by atoms with E-state index in [1.165, 1.54) is 12.3 Å². The van der Waals surface area contributed by atoms with Gasteiger partial charge in [-0.3, -0.25) is 4.79 Å². The molecule has 35 heavy (non-hydrogen) atoms. The minimum absolute atomic E-state index is 0.0927. The number of fused-ring (bicyclic) bond motifs is 2. The molecular weight excluding hydrogens is 456 g/mol. The molecule has 1 aromatic carbocycles. The number of pyridine rings is 1. The number of carbonyl (C=O) groups excluding carboxylic acids is 1. The lowest BCUT2D eigenvalue weighted by atomic mass is 9.98. The van der Waals surface area contributed by atoms with Gasteiger partial charge in [-0.2, -0.15) is 0 Å². The fourth-order valence-corrected chi connectivity index (χ4v) is 5.28. The molecule has 3 N–H and O–H groups in total. The number of nitrogens with zero attached hydrogens (tertiary/aromatic N) is 2. The van der Waals surface area contributed by atoms with Crippen LogP contribution in [0.15, 0.2) is 42.1 Å². The van der Waals surface area contributed by atoms with Crippen LogP contribution in [0.4, 0.5) is 14.6 Å². The molecule has 1 aromatic heterocycles. The van der Waals surface area contributed by atoms with Gasteiger partial charge in [-0.25, -0.2) is 18.6 Å². The number of carbonyl (C=O) groups is 2. The molecule has 7 nitrogen and oxygen atoms in total. The molecule has 2 aliphatic heterocycles. The number of halogens is 2. The second-order valence-electron chi connectivity index (χ2n) is 9.53. The zero-order chi connectivity index (χ0) is 24.7. The maximum Gasteiger partial charge on any atom is 0.337 e. The van der Waals surface area contributed by atoms with Crippen LogP contribution in [0.1, 0.15) is 54.4 Å². The number of ether oxygens (including phenoxy) is 1. The van der Waals surface area contributed by atoms with Gasteiger partial charge in [-0.05, 0) is 62.8 Å². The molecule has 0 spiro atoms. The molecule has 0 amide bonds. The Balaban J connectivity index is 1.31. The van der Waals surface area contributed by atoms with E-state index in [1.54, 1.807) is 12.1 Å². The Labute approximate surface area is 201 Å². The van der Waals surface area contributed by atoms with Gasteiger partial charge < -0.3 is 20.5 Å². The minimum Gasteiger partial charge on any atom is -0.478 e. The van der Waals surface area contributed by atoms with E-state index >= 15 is 0 Å². The molecule has 2 unspecified atom stereocenters. The van der Waals surface area contributed by atoms with Crippen LogP contribution in [0, 0.1) is 17.6 Å². The maximum absolute atomic E-state index is 14.4. The summed E-state index contributed by atoms with van der Waals surface area (Å²) < 4.78 is 34.9. The molecule has 0 radical (unpaired) electrons. The zero-order valence-electron chi connectivity index (χ0n) is 19.1. The van der Waals surface area contributed by atoms with E-state index in [1.807, 2.05) is 0 Å². The summed E-state index contributed by atoms with van der Waals surface area (Å²) in [5.41, 5.74) is 5.86. The van der Waals surface area contributed by atoms with Gasteiger partial charge in [0.25, 0.3) is 0 Å². The predicted octanol–water partition coefficient (Wildman–Crippen LogP) is 3.92. The highest BCUT2D eigenvalue weighted by molar-refractivity contribution is 6.05. The van der Waals surface area contributed by atoms with Gasteiger partial charge in [-0.1, -0.05) is 6.07 Å². The second kappa shape index (κ2) is 9.37. The van der Waals surface area contributed by atoms with E-state index in [4.69, 9.17) is 15.6 Å². The van der Waals surface area contributed by atoms with Crippen LogP contribution in [-0.2, 0) is 9.53 Å². The van der Waals surface area contributed by atoms with Crippen molar-refractivity contribution < 1.29 is 28.2 Å². The molecule has 2 bridgehead atoms. The Bertz CT molecular complexity index is 1150. The van der Waals surface area contributed by atoms with Crippen LogP contribution in [0.3, 0.4) is 0 Å². The number of nitrogens with two attached hydrogens (primary N) is 1. The number of carboxylic acids is 1. The Morgan fingerprint density at radius 2 is 1.71 bits per heavy atom. The van der Waals surface area contributed by atoms with Gasteiger partial charge in [0.15, 0.2) is 5.78 Å². The fourth-order valence-electron chi connectivity index (χ4n) is 5.28. The zero-order valence-corrected chi connectivity index (χ0v) is 19.1. The average Bonchev–Trinajstić information content (AvgIpc) is 3.64. The van der Waals surface area contributed by atoms with Crippen LogP contribution >= 0.6 is 0 Å². The number of Topliss-reactive ketones (excluding diaryl/α,β-unsaturated/α-hetero) is 1. The van der Waals surface area contributed by atoms with Gasteiger partial charge in [0.05, 0.1) is 29.5 Å². The van der Waals surface area contributed by atoms with Crippen molar-refractivity contribution in [2.45, 2.75) is 56.7 Å². The standard InChI is InChI=1S/C26H27F2N3O4/c27-20-2-1-3-21(28)23(20)24(29)19(25(32)14-4-5-14)13-35-18-10-16-7-8-17(11-18)31(16)22-9-6-15(12-30-22)26(33)34/h1-3,6,9,12,14,16-18H,4-5,7-8,10-11,13,29H2,(H,33,34)/t16-,17?,18?/m0/s1. The Morgan fingerprint density at radius 3 is 2.26 bits per heavy atom. The lowest BCUT2D eigenvalue weighted by Crippen LogP contribution is -2.46. The topological polar surface area (TPSA) is 106 Å². The SMILES string of the molecule is NC(=C(COC1CC2CC[C@@H](C1)N2c1ccc(C(=O)O)cn1)C(=O)C1CC1)c1c(F)cccc1F. The summed E-state index contributed by atoms with van der Waals surface area (Å²) in [4.78, 5) is 30.6. The molecule has 1 aliphatic carbocycles. The number of rotatable bonds is 8. The number of aromatic carboxylic acids is 1. The summed E-state index contributed by atoms with van der Waals surface area (Å²) >= 11 is 0. The largest absolute Gasteiger partial charge is 0.478 e. The van der Waals surface area contributed by atoms with Crippen molar-refractivity contribution >= 4 is 23.3 Å². The van der Waals surface area contributed by atoms with Crippen LogP contribution in [-0.4, -0.2) is 46.6 Å². The summed E-state index contributed by atoms with van der Waals surface area (Å²) in [6.07, 6.45) is 6.04. The molecule has 3 aliphatic rings. The summed E-state index contributed by atoms with van der Waals surface area (Å²) in [7, 11) is 0. The van der Waals surface area contributed by atoms with Crippen LogP contribution in [0.5, 0.6) is 0 Å². The Kier molecular flexibility index (Phi) is 6.27. The number of carboxylic acid groups (broad SMARTS) is 1.